The number of aromatic nitrogens is 1. The molecule has 10 heteroatoms. The lowest BCUT2D eigenvalue weighted by Gasteiger charge is -2.32. The van der Waals surface area contributed by atoms with E-state index in [0.29, 0.717) is 13.1 Å². The van der Waals surface area contributed by atoms with Crippen molar-refractivity contribution in [2.45, 2.75) is 31.6 Å². The van der Waals surface area contributed by atoms with Crippen LogP contribution in [-0.2, 0) is 10.0 Å². The highest BCUT2D eigenvalue weighted by atomic mass is 35.5. The first-order valence-electron chi connectivity index (χ1n) is 10.7. The second-order valence-electron chi connectivity index (χ2n) is 8.09. The van der Waals surface area contributed by atoms with Crippen molar-refractivity contribution in [1.82, 2.24) is 19.9 Å². The Hall–Kier alpha value is -2.20. The first kappa shape index (κ1) is 24.4. The summed E-state index contributed by atoms with van der Waals surface area (Å²) < 4.78 is 27.6. The van der Waals surface area contributed by atoms with E-state index in [1.54, 1.807) is 18.2 Å². The van der Waals surface area contributed by atoms with E-state index in [2.05, 4.69) is 25.2 Å². The minimum atomic E-state index is -3.61. The topological polar surface area (TPSA) is 103 Å². The van der Waals surface area contributed by atoms with Crippen LogP contribution >= 0.6 is 11.6 Å². The van der Waals surface area contributed by atoms with Crippen LogP contribution in [0, 0.1) is 19.8 Å². The average Bonchev–Trinajstić information content (AvgIpc) is 2.72. The maximum absolute atomic E-state index is 12.5. The van der Waals surface area contributed by atoms with E-state index in [1.165, 1.54) is 6.07 Å². The van der Waals surface area contributed by atoms with Crippen LogP contribution in [0.15, 0.2) is 41.3 Å². The smallest absolute Gasteiger partial charge is 0.319 e. The second-order valence-corrected chi connectivity index (χ2v) is 10.2. The van der Waals surface area contributed by atoms with Crippen LogP contribution in [0.1, 0.15) is 24.2 Å². The fraction of sp³-hybridized carbons (Fsp3) is 0.455. The largest absolute Gasteiger partial charge is 0.337 e. The molecule has 1 fully saturated rings. The van der Waals surface area contributed by atoms with Crippen LogP contribution in [0.4, 0.5) is 10.5 Å². The Bertz CT molecular complexity index is 1020. The molecular formula is C22H30ClN5O3S. The third-order valence-electron chi connectivity index (χ3n) is 5.45. The molecule has 1 aromatic carbocycles. The van der Waals surface area contributed by atoms with Gasteiger partial charge in [-0.15, -0.1) is 0 Å². The summed E-state index contributed by atoms with van der Waals surface area (Å²) in [4.78, 5) is 18.8. The number of sulfonamides is 1. The summed E-state index contributed by atoms with van der Waals surface area (Å²) >= 11 is 6.02. The van der Waals surface area contributed by atoms with Crippen molar-refractivity contribution >= 4 is 33.3 Å². The van der Waals surface area contributed by atoms with E-state index >= 15 is 0 Å². The predicted octanol–water partition coefficient (Wildman–Crippen LogP) is 3.16. The second kappa shape index (κ2) is 11.1. The highest BCUT2D eigenvalue weighted by molar-refractivity contribution is 7.89. The average molecular weight is 480 g/mol. The summed E-state index contributed by atoms with van der Waals surface area (Å²) in [6.07, 6.45) is 1.79. The number of nitrogens with zero attached hydrogens (tertiary/aromatic N) is 2. The van der Waals surface area contributed by atoms with Gasteiger partial charge in [-0.3, -0.25) is 4.98 Å². The van der Waals surface area contributed by atoms with E-state index in [1.807, 2.05) is 26.0 Å². The number of urea groups is 1. The molecule has 3 N–H and O–H groups in total. The third kappa shape index (κ3) is 7.16. The molecular weight excluding hydrogens is 450 g/mol. The molecule has 2 amide bonds. The zero-order chi connectivity index (χ0) is 23.1. The zero-order valence-corrected chi connectivity index (χ0v) is 20.0. The molecule has 0 bridgehead atoms. The summed E-state index contributed by atoms with van der Waals surface area (Å²) in [5.74, 6) is 0.276. The molecule has 174 valence electrons. The molecule has 2 heterocycles. The number of likely N-dealkylation sites (tertiary alicyclic amines) is 1. The van der Waals surface area contributed by atoms with Crippen LogP contribution in [0.5, 0.6) is 0 Å². The number of pyridine rings is 1. The number of piperidine rings is 1. The SMILES string of the molecule is Cc1cc(NC(=O)NCCN2CCC(CNS(=O)(=O)c3ccccc3Cl)CC2)cc(C)n1. The van der Waals surface area contributed by atoms with E-state index in [-0.39, 0.29) is 21.9 Å². The number of hydrogen-bond acceptors (Lipinski definition) is 5. The van der Waals surface area contributed by atoms with Gasteiger partial charge in [-0.1, -0.05) is 23.7 Å². The Morgan fingerprint density at radius 2 is 1.81 bits per heavy atom. The lowest BCUT2D eigenvalue weighted by Crippen LogP contribution is -2.42. The Balaban J connectivity index is 1.35. The van der Waals surface area contributed by atoms with E-state index < -0.39 is 10.0 Å². The number of aryl methyl sites for hydroxylation is 2. The fourth-order valence-electron chi connectivity index (χ4n) is 3.79. The van der Waals surface area contributed by atoms with Gasteiger partial charge >= 0.3 is 6.03 Å². The van der Waals surface area contributed by atoms with Gasteiger partial charge in [0.25, 0.3) is 0 Å². The number of nitrogens with one attached hydrogen (secondary N) is 3. The first-order valence-corrected chi connectivity index (χ1v) is 12.6. The van der Waals surface area contributed by atoms with Gasteiger partial charge in [0.2, 0.25) is 10.0 Å². The summed E-state index contributed by atoms with van der Waals surface area (Å²) in [6, 6.07) is 9.87. The van der Waals surface area contributed by atoms with Gasteiger partial charge < -0.3 is 15.5 Å². The molecule has 0 radical (unpaired) electrons. The van der Waals surface area contributed by atoms with Crippen molar-refractivity contribution < 1.29 is 13.2 Å². The molecule has 0 unspecified atom stereocenters. The summed E-state index contributed by atoms with van der Waals surface area (Å²) in [7, 11) is -3.61. The first-order chi connectivity index (χ1) is 15.2. The molecule has 1 aliphatic rings. The van der Waals surface area contributed by atoms with Crippen molar-refractivity contribution in [3.05, 3.63) is 52.8 Å². The molecule has 2 aromatic rings. The van der Waals surface area contributed by atoms with Crippen LogP contribution in [-0.4, -0.2) is 57.1 Å². The van der Waals surface area contributed by atoms with Crippen LogP contribution in [0.25, 0.3) is 0 Å². The Kier molecular flexibility index (Phi) is 8.47. The van der Waals surface area contributed by atoms with Crippen molar-refractivity contribution in [2.24, 2.45) is 5.92 Å². The predicted molar refractivity (Wildman–Crippen MR) is 127 cm³/mol. The standard InChI is InChI=1S/C22H30ClN5O3S/c1-16-13-19(14-17(2)26-16)27-22(29)24-9-12-28-10-7-18(8-11-28)15-25-32(30,31)21-6-4-3-5-20(21)23/h3-6,13-14,18,25H,7-12,15H2,1-2H3,(H2,24,26,27,29). The molecule has 1 aromatic heterocycles. The summed E-state index contributed by atoms with van der Waals surface area (Å²) in [6.45, 7) is 7.20. The van der Waals surface area contributed by atoms with Crippen LogP contribution < -0.4 is 15.4 Å². The highest BCUT2D eigenvalue weighted by Gasteiger charge is 2.23. The molecule has 0 saturated carbocycles. The van der Waals surface area contributed by atoms with Crippen molar-refractivity contribution in [3.8, 4) is 0 Å². The van der Waals surface area contributed by atoms with Gasteiger partial charge in [0.05, 0.1) is 5.02 Å². The van der Waals surface area contributed by atoms with Crippen molar-refractivity contribution in [3.63, 3.8) is 0 Å². The number of halogens is 1. The highest BCUT2D eigenvalue weighted by Crippen LogP contribution is 2.21. The number of hydrogen-bond donors (Lipinski definition) is 3. The van der Waals surface area contributed by atoms with E-state index in [0.717, 1.165) is 49.6 Å². The van der Waals surface area contributed by atoms with Crippen LogP contribution in [0.2, 0.25) is 5.02 Å². The molecule has 8 nitrogen and oxygen atoms in total. The van der Waals surface area contributed by atoms with Crippen molar-refractivity contribution in [2.75, 3.05) is 38.0 Å². The fourth-order valence-corrected chi connectivity index (χ4v) is 5.43. The van der Waals surface area contributed by atoms with Gasteiger partial charge in [-0.25, -0.2) is 17.9 Å². The number of rotatable bonds is 8. The lowest BCUT2D eigenvalue weighted by atomic mass is 9.97. The maximum Gasteiger partial charge on any atom is 0.319 e. The molecule has 3 rings (SSSR count). The van der Waals surface area contributed by atoms with Gasteiger partial charge in [-0.2, -0.15) is 0 Å². The van der Waals surface area contributed by atoms with Gasteiger partial charge in [0.15, 0.2) is 0 Å². The van der Waals surface area contributed by atoms with E-state index in [4.69, 9.17) is 11.6 Å². The third-order valence-corrected chi connectivity index (χ3v) is 7.37. The van der Waals surface area contributed by atoms with Crippen LogP contribution in [0.3, 0.4) is 0 Å². The number of anilines is 1. The minimum Gasteiger partial charge on any atom is -0.337 e. The number of benzene rings is 1. The molecule has 0 spiro atoms. The monoisotopic (exact) mass is 479 g/mol. The number of amides is 2. The normalized spacial score (nSPS) is 15.5. The molecule has 0 aliphatic carbocycles. The molecule has 1 saturated heterocycles. The van der Waals surface area contributed by atoms with E-state index in [9.17, 15) is 13.2 Å². The lowest BCUT2D eigenvalue weighted by molar-refractivity contribution is 0.186. The van der Waals surface area contributed by atoms with Gasteiger partial charge in [-0.05, 0) is 70.0 Å². The number of carbonyl (C=O) groups excluding carboxylic acids is 1. The Morgan fingerprint density at radius 3 is 2.47 bits per heavy atom. The maximum atomic E-state index is 12.5. The van der Waals surface area contributed by atoms with Gasteiger partial charge in [0, 0.05) is 36.7 Å². The summed E-state index contributed by atoms with van der Waals surface area (Å²) in [5, 5.41) is 5.94. The van der Waals surface area contributed by atoms with Gasteiger partial charge in [0.1, 0.15) is 4.90 Å². The Morgan fingerprint density at radius 1 is 1.16 bits per heavy atom. The molecule has 32 heavy (non-hydrogen) atoms. The molecule has 0 atom stereocenters. The molecule has 1 aliphatic heterocycles. The zero-order valence-electron chi connectivity index (χ0n) is 18.4. The number of carbonyl (C=O) groups is 1. The minimum absolute atomic E-state index is 0.112. The van der Waals surface area contributed by atoms with Crippen molar-refractivity contribution in [1.29, 1.82) is 0 Å². The summed E-state index contributed by atoms with van der Waals surface area (Å²) in [5.41, 5.74) is 2.45. The Labute approximate surface area is 194 Å². The quantitative estimate of drug-likeness (QED) is 0.539.